The van der Waals surface area contributed by atoms with Crippen molar-refractivity contribution in [2.24, 2.45) is 5.92 Å². The van der Waals surface area contributed by atoms with E-state index in [1.54, 1.807) is 12.1 Å². The molecular weight excluding hydrogens is 266 g/mol. The quantitative estimate of drug-likeness (QED) is 0.585. The Bertz CT molecular complexity index is 588. The minimum Gasteiger partial charge on any atom is -0.489 e. The van der Waals surface area contributed by atoms with Crippen molar-refractivity contribution >= 4 is 5.69 Å². The summed E-state index contributed by atoms with van der Waals surface area (Å²) >= 11 is 0. The molecule has 0 atom stereocenters. The summed E-state index contributed by atoms with van der Waals surface area (Å²) in [5, 5.41) is 10.6. The van der Waals surface area contributed by atoms with Gasteiger partial charge < -0.3 is 4.74 Å². The molecule has 0 amide bonds. The zero-order valence-electron chi connectivity index (χ0n) is 12.3. The van der Waals surface area contributed by atoms with Gasteiger partial charge in [-0.2, -0.15) is 0 Å². The highest BCUT2D eigenvalue weighted by Crippen LogP contribution is 2.17. The Labute approximate surface area is 124 Å². The van der Waals surface area contributed by atoms with Crippen molar-refractivity contribution in [1.82, 2.24) is 0 Å². The van der Waals surface area contributed by atoms with Gasteiger partial charge in [0, 0.05) is 12.1 Å². The predicted octanol–water partition coefficient (Wildman–Crippen LogP) is 4.37. The number of rotatable bonds is 6. The monoisotopic (exact) mass is 285 g/mol. The third-order valence-electron chi connectivity index (χ3n) is 3.12. The van der Waals surface area contributed by atoms with Crippen LogP contribution in [0, 0.1) is 16.0 Å². The number of hydrogen-bond donors (Lipinski definition) is 0. The van der Waals surface area contributed by atoms with Crippen LogP contribution >= 0.6 is 0 Å². The topological polar surface area (TPSA) is 52.4 Å². The molecule has 0 N–H and O–H groups in total. The van der Waals surface area contributed by atoms with Crippen LogP contribution < -0.4 is 4.74 Å². The molecule has 0 bridgehead atoms. The lowest BCUT2D eigenvalue weighted by Gasteiger charge is -2.08. The van der Waals surface area contributed by atoms with E-state index in [4.69, 9.17) is 4.74 Å². The lowest BCUT2D eigenvalue weighted by atomic mass is 10.0. The van der Waals surface area contributed by atoms with Crippen LogP contribution in [0.3, 0.4) is 0 Å². The highest BCUT2D eigenvalue weighted by atomic mass is 16.6. The van der Waals surface area contributed by atoms with E-state index in [1.807, 2.05) is 12.1 Å². The fraction of sp³-hybridized carbons (Fsp3) is 0.294. The first-order valence-corrected chi connectivity index (χ1v) is 6.99. The number of non-ortho nitro benzene ring substituents is 1. The molecule has 0 radical (unpaired) electrons. The van der Waals surface area contributed by atoms with Gasteiger partial charge >= 0.3 is 0 Å². The Balaban J connectivity index is 1.91. The van der Waals surface area contributed by atoms with Crippen molar-refractivity contribution in [3.63, 3.8) is 0 Å². The number of nitro groups is 1. The van der Waals surface area contributed by atoms with Crippen LogP contribution in [-0.4, -0.2) is 4.92 Å². The van der Waals surface area contributed by atoms with Crippen LogP contribution in [0.15, 0.2) is 48.5 Å². The van der Waals surface area contributed by atoms with Crippen LogP contribution in [0.25, 0.3) is 0 Å². The maximum atomic E-state index is 10.6. The third kappa shape index (κ3) is 4.60. The molecular formula is C17H19NO3. The predicted molar refractivity (Wildman–Crippen MR) is 82.4 cm³/mol. The lowest BCUT2D eigenvalue weighted by Crippen LogP contribution is -1.97. The first kappa shape index (κ1) is 15.0. The minimum absolute atomic E-state index is 0.0942. The maximum absolute atomic E-state index is 10.6. The SMILES string of the molecule is CC(C)Cc1ccc(OCc2ccc([N+](=O)[O-])cc2)cc1. The van der Waals surface area contributed by atoms with Gasteiger partial charge in [0.1, 0.15) is 12.4 Å². The smallest absolute Gasteiger partial charge is 0.269 e. The van der Waals surface area contributed by atoms with E-state index in [0.29, 0.717) is 12.5 Å². The molecule has 110 valence electrons. The number of benzene rings is 2. The van der Waals surface area contributed by atoms with E-state index in [1.165, 1.54) is 17.7 Å². The standard InChI is InChI=1S/C17H19NO3/c1-13(2)11-14-5-9-17(10-6-14)21-12-15-3-7-16(8-4-15)18(19)20/h3-10,13H,11-12H2,1-2H3. The van der Waals surface area contributed by atoms with E-state index in [9.17, 15) is 10.1 Å². The molecule has 0 aliphatic carbocycles. The maximum Gasteiger partial charge on any atom is 0.269 e. The van der Waals surface area contributed by atoms with Gasteiger partial charge in [-0.1, -0.05) is 26.0 Å². The first-order valence-electron chi connectivity index (χ1n) is 6.99. The molecule has 0 heterocycles. The molecule has 0 fully saturated rings. The highest BCUT2D eigenvalue weighted by molar-refractivity contribution is 5.33. The molecule has 0 unspecified atom stereocenters. The molecule has 0 saturated carbocycles. The van der Waals surface area contributed by atoms with Crippen molar-refractivity contribution in [2.45, 2.75) is 26.9 Å². The molecule has 0 aliphatic heterocycles. The molecule has 0 spiro atoms. The fourth-order valence-electron chi connectivity index (χ4n) is 2.07. The van der Waals surface area contributed by atoms with E-state index >= 15 is 0 Å². The van der Waals surface area contributed by atoms with Crippen LogP contribution in [-0.2, 0) is 13.0 Å². The number of ether oxygens (including phenoxy) is 1. The largest absolute Gasteiger partial charge is 0.489 e. The van der Waals surface area contributed by atoms with Gasteiger partial charge in [0.15, 0.2) is 0 Å². The molecule has 2 aromatic carbocycles. The molecule has 2 rings (SSSR count). The number of hydrogen-bond acceptors (Lipinski definition) is 3. The van der Waals surface area contributed by atoms with Gasteiger partial charge in [-0.3, -0.25) is 10.1 Å². The fourth-order valence-corrected chi connectivity index (χ4v) is 2.07. The van der Waals surface area contributed by atoms with E-state index in [-0.39, 0.29) is 5.69 Å². The zero-order valence-corrected chi connectivity index (χ0v) is 12.3. The van der Waals surface area contributed by atoms with Crippen molar-refractivity contribution in [1.29, 1.82) is 0 Å². The van der Waals surface area contributed by atoms with E-state index in [2.05, 4.69) is 26.0 Å². The van der Waals surface area contributed by atoms with Crippen molar-refractivity contribution < 1.29 is 9.66 Å². The molecule has 21 heavy (non-hydrogen) atoms. The van der Waals surface area contributed by atoms with Crippen molar-refractivity contribution in [3.05, 3.63) is 69.8 Å². The second kappa shape index (κ2) is 6.88. The van der Waals surface area contributed by atoms with Crippen LogP contribution in [0.5, 0.6) is 5.75 Å². The van der Waals surface area contributed by atoms with Crippen LogP contribution in [0.2, 0.25) is 0 Å². The zero-order chi connectivity index (χ0) is 15.2. The average Bonchev–Trinajstić information content (AvgIpc) is 2.46. The normalized spacial score (nSPS) is 10.6. The van der Waals surface area contributed by atoms with Crippen molar-refractivity contribution in [3.8, 4) is 5.75 Å². The van der Waals surface area contributed by atoms with Gasteiger partial charge in [-0.25, -0.2) is 0 Å². The Morgan fingerprint density at radius 3 is 2.10 bits per heavy atom. The Kier molecular flexibility index (Phi) is 4.93. The highest BCUT2D eigenvalue weighted by Gasteiger charge is 2.04. The van der Waals surface area contributed by atoms with E-state index < -0.39 is 4.92 Å². The Morgan fingerprint density at radius 1 is 1.00 bits per heavy atom. The summed E-state index contributed by atoms with van der Waals surface area (Å²) in [7, 11) is 0. The lowest BCUT2D eigenvalue weighted by molar-refractivity contribution is -0.384. The summed E-state index contributed by atoms with van der Waals surface area (Å²) in [5.41, 5.74) is 2.30. The Morgan fingerprint density at radius 2 is 1.57 bits per heavy atom. The molecule has 0 saturated heterocycles. The van der Waals surface area contributed by atoms with Gasteiger partial charge in [-0.05, 0) is 47.7 Å². The summed E-state index contributed by atoms with van der Waals surface area (Å²) in [6, 6.07) is 14.5. The Hall–Kier alpha value is -2.36. The van der Waals surface area contributed by atoms with Gasteiger partial charge in [0.2, 0.25) is 0 Å². The second-order valence-corrected chi connectivity index (χ2v) is 5.45. The molecule has 4 nitrogen and oxygen atoms in total. The summed E-state index contributed by atoms with van der Waals surface area (Å²) in [6.45, 7) is 4.79. The van der Waals surface area contributed by atoms with Crippen LogP contribution in [0.4, 0.5) is 5.69 Å². The van der Waals surface area contributed by atoms with Crippen LogP contribution in [0.1, 0.15) is 25.0 Å². The number of nitrogens with zero attached hydrogens (tertiary/aromatic N) is 1. The summed E-state index contributed by atoms with van der Waals surface area (Å²) in [6.07, 6.45) is 1.06. The second-order valence-electron chi connectivity index (χ2n) is 5.45. The third-order valence-corrected chi connectivity index (χ3v) is 3.12. The van der Waals surface area contributed by atoms with Crippen molar-refractivity contribution in [2.75, 3.05) is 0 Å². The van der Waals surface area contributed by atoms with Gasteiger partial charge in [0.25, 0.3) is 5.69 Å². The summed E-state index contributed by atoms with van der Waals surface area (Å²) in [4.78, 5) is 10.2. The number of nitro benzene ring substituents is 1. The van der Waals surface area contributed by atoms with Gasteiger partial charge in [0.05, 0.1) is 4.92 Å². The minimum atomic E-state index is -0.405. The first-order chi connectivity index (χ1) is 10.0. The molecule has 0 aliphatic rings. The van der Waals surface area contributed by atoms with Gasteiger partial charge in [-0.15, -0.1) is 0 Å². The summed E-state index contributed by atoms with van der Waals surface area (Å²) < 4.78 is 5.68. The summed E-state index contributed by atoms with van der Waals surface area (Å²) in [5.74, 6) is 1.44. The average molecular weight is 285 g/mol. The molecule has 4 heteroatoms. The molecule has 0 aromatic heterocycles. The van der Waals surface area contributed by atoms with E-state index in [0.717, 1.165) is 17.7 Å². The molecule has 2 aromatic rings.